The summed E-state index contributed by atoms with van der Waals surface area (Å²) in [6, 6.07) is 13.6. The lowest BCUT2D eigenvalue weighted by atomic mass is 10.1. The van der Waals surface area contributed by atoms with Crippen LogP contribution in [0.5, 0.6) is 5.75 Å². The molecule has 2 aromatic carbocycles. The van der Waals surface area contributed by atoms with Crippen LogP contribution in [0.4, 0.5) is 5.69 Å². The van der Waals surface area contributed by atoms with Crippen molar-refractivity contribution in [3.63, 3.8) is 0 Å². The summed E-state index contributed by atoms with van der Waals surface area (Å²) in [5, 5.41) is 11.7. The molecule has 2 N–H and O–H groups in total. The maximum absolute atomic E-state index is 12.3. The van der Waals surface area contributed by atoms with Gasteiger partial charge >= 0.3 is 5.97 Å². The summed E-state index contributed by atoms with van der Waals surface area (Å²) < 4.78 is 10.5. The van der Waals surface area contributed by atoms with Crippen molar-refractivity contribution >= 4 is 17.6 Å². The van der Waals surface area contributed by atoms with Gasteiger partial charge in [-0.15, -0.1) is 0 Å². The van der Waals surface area contributed by atoms with E-state index < -0.39 is 5.97 Å². The molecular formula is C19H21NO5. The number of para-hydroxylation sites is 1. The van der Waals surface area contributed by atoms with Gasteiger partial charge in [-0.2, -0.15) is 0 Å². The molecule has 25 heavy (non-hydrogen) atoms. The van der Waals surface area contributed by atoms with E-state index in [1.807, 2.05) is 0 Å². The molecule has 0 atom stereocenters. The lowest BCUT2D eigenvalue weighted by Crippen LogP contribution is -2.14. The van der Waals surface area contributed by atoms with Gasteiger partial charge in [0.2, 0.25) is 0 Å². The number of carbonyl (C=O) groups excluding carboxylic acids is 1. The summed E-state index contributed by atoms with van der Waals surface area (Å²) in [6.07, 6.45) is 0.643. The van der Waals surface area contributed by atoms with Gasteiger partial charge in [-0.25, -0.2) is 0 Å². The van der Waals surface area contributed by atoms with Crippen molar-refractivity contribution < 1.29 is 24.2 Å². The highest BCUT2D eigenvalue weighted by Gasteiger charge is 2.11. The Morgan fingerprint density at radius 3 is 2.44 bits per heavy atom. The normalized spacial score (nSPS) is 10.3. The molecule has 6 nitrogen and oxygen atoms in total. The minimum atomic E-state index is -0.948. The van der Waals surface area contributed by atoms with E-state index in [0.29, 0.717) is 35.8 Å². The van der Waals surface area contributed by atoms with Crippen LogP contribution in [-0.4, -0.2) is 37.3 Å². The Balaban J connectivity index is 1.98. The van der Waals surface area contributed by atoms with Crippen LogP contribution in [-0.2, 0) is 16.0 Å². The number of hydrogen-bond acceptors (Lipinski definition) is 4. The topological polar surface area (TPSA) is 84.9 Å². The second kappa shape index (κ2) is 9.44. The highest BCUT2D eigenvalue weighted by Crippen LogP contribution is 2.18. The predicted octanol–water partition coefficient (Wildman–Crippen LogP) is 2.98. The van der Waals surface area contributed by atoms with E-state index in [0.717, 1.165) is 6.42 Å². The van der Waals surface area contributed by atoms with Crippen LogP contribution in [0, 0.1) is 0 Å². The first-order chi connectivity index (χ1) is 12.1. The second-order valence-electron chi connectivity index (χ2n) is 5.40. The molecule has 0 fully saturated rings. The molecule has 6 heteroatoms. The van der Waals surface area contributed by atoms with Crippen molar-refractivity contribution in [1.82, 2.24) is 0 Å². The molecule has 0 unspecified atom stereocenters. The van der Waals surface area contributed by atoms with Gasteiger partial charge in [-0.05, 0) is 35.9 Å². The first kappa shape index (κ1) is 18.5. The third-order valence-corrected chi connectivity index (χ3v) is 3.49. The van der Waals surface area contributed by atoms with Crippen LogP contribution in [0.25, 0.3) is 0 Å². The molecule has 132 valence electrons. The fourth-order valence-corrected chi connectivity index (χ4v) is 2.25. The fourth-order valence-electron chi connectivity index (χ4n) is 2.25. The third-order valence-electron chi connectivity index (χ3n) is 3.49. The standard InChI is InChI=1S/C19H21NO5/c1-24-11-4-12-25-16-9-7-14(8-10-16)19(23)20-17-6-3-2-5-15(17)13-18(21)22/h2-3,5-10H,4,11-13H2,1H3,(H,20,23)(H,21,22). The van der Waals surface area contributed by atoms with E-state index in [1.165, 1.54) is 0 Å². The number of ether oxygens (including phenoxy) is 2. The first-order valence-corrected chi connectivity index (χ1v) is 7.93. The van der Waals surface area contributed by atoms with Crippen molar-refractivity contribution in [3.05, 3.63) is 59.7 Å². The van der Waals surface area contributed by atoms with E-state index in [9.17, 15) is 9.59 Å². The monoisotopic (exact) mass is 343 g/mol. The van der Waals surface area contributed by atoms with Crippen LogP contribution in [0.1, 0.15) is 22.3 Å². The molecule has 0 radical (unpaired) electrons. The number of aliphatic carboxylic acids is 1. The Labute approximate surface area is 146 Å². The number of methoxy groups -OCH3 is 1. The molecular weight excluding hydrogens is 322 g/mol. The Kier molecular flexibility index (Phi) is 6.98. The van der Waals surface area contributed by atoms with Gasteiger partial charge in [0.25, 0.3) is 5.91 Å². The largest absolute Gasteiger partial charge is 0.494 e. The number of anilines is 1. The van der Waals surface area contributed by atoms with Gasteiger partial charge in [0, 0.05) is 31.4 Å². The molecule has 0 aliphatic rings. The number of carboxylic acids is 1. The van der Waals surface area contributed by atoms with Crippen LogP contribution < -0.4 is 10.1 Å². The van der Waals surface area contributed by atoms with Crippen molar-refractivity contribution in [2.75, 3.05) is 25.6 Å². The first-order valence-electron chi connectivity index (χ1n) is 7.93. The summed E-state index contributed by atoms with van der Waals surface area (Å²) in [7, 11) is 1.64. The molecule has 1 amide bonds. The molecule has 0 saturated carbocycles. The van der Waals surface area contributed by atoms with Gasteiger partial charge in [-0.3, -0.25) is 9.59 Å². The average molecular weight is 343 g/mol. The van der Waals surface area contributed by atoms with E-state index in [2.05, 4.69) is 5.32 Å². The number of nitrogens with one attached hydrogen (secondary N) is 1. The molecule has 0 heterocycles. The van der Waals surface area contributed by atoms with Gasteiger partial charge in [-0.1, -0.05) is 18.2 Å². The molecule has 0 bridgehead atoms. The zero-order chi connectivity index (χ0) is 18.1. The average Bonchev–Trinajstić information content (AvgIpc) is 2.60. The number of amides is 1. The zero-order valence-electron chi connectivity index (χ0n) is 14.0. The molecule has 0 spiro atoms. The molecule has 0 saturated heterocycles. The van der Waals surface area contributed by atoms with Crippen molar-refractivity contribution in [3.8, 4) is 5.75 Å². The molecule has 0 aliphatic heterocycles. The summed E-state index contributed by atoms with van der Waals surface area (Å²) >= 11 is 0. The maximum Gasteiger partial charge on any atom is 0.307 e. The Hall–Kier alpha value is -2.86. The van der Waals surface area contributed by atoms with E-state index >= 15 is 0 Å². The van der Waals surface area contributed by atoms with Gasteiger partial charge in [0.05, 0.1) is 13.0 Å². The lowest BCUT2D eigenvalue weighted by molar-refractivity contribution is -0.136. The zero-order valence-corrected chi connectivity index (χ0v) is 14.0. The summed E-state index contributed by atoms with van der Waals surface area (Å²) in [5.41, 5.74) is 1.52. The summed E-state index contributed by atoms with van der Waals surface area (Å²) in [6.45, 7) is 1.18. The van der Waals surface area contributed by atoms with Gasteiger partial charge in [0.15, 0.2) is 0 Å². The molecule has 0 aliphatic carbocycles. The highest BCUT2D eigenvalue weighted by atomic mass is 16.5. The van der Waals surface area contributed by atoms with E-state index in [-0.39, 0.29) is 12.3 Å². The Morgan fingerprint density at radius 2 is 1.76 bits per heavy atom. The number of rotatable bonds is 9. The van der Waals surface area contributed by atoms with Crippen molar-refractivity contribution in [2.24, 2.45) is 0 Å². The fraction of sp³-hybridized carbons (Fsp3) is 0.263. The lowest BCUT2D eigenvalue weighted by Gasteiger charge is -2.10. The Bertz CT molecular complexity index is 712. The maximum atomic E-state index is 12.3. The minimum absolute atomic E-state index is 0.148. The Morgan fingerprint density at radius 1 is 1.04 bits per heavy atom. The van der Waals surface area contributed by atoms with Crippen LogP contribution in [0.3, 0.4) is 0 Å². The van der Waals surface area contributed by atoms with Crippen LogP contribution in [0.15, 0.2) is 48.5 Å². The van der Waals surface area contributed by atoms with Crippen molar-refractivity contribution in [1.29, 1.82) is 0 Å². The van der Waals surface area contributed by atoms with Crippen LogP contribution >= 0.6 is 0 Å². The SMILES string of the molecule is COCCCOc1ccc(C(=O)Nc2ccccc2CC(=O)O)cc1. The van der Waals surface area contributed by atoms with E-state index in [1.54, 1.807) is 55.6 Å². The van der Waals surface area contributed by atoms with Gasteiger partial charge < -0.3 is 19.9 Å². The summed E-state index contributed by atoms with van der Waals surface area (Å²) in [4.78, 5) is 23.3. The summed E-state index contributed by atoms with van der Waals surface area (Å²) in [5.74, 6) is -0.570. The minimum Gasteiger partial charge on any atom is -0.494 e. The van der Waals surface area contributed by atoms with Crippen molar-refractivity contribution in [2.45, 2.75) is 12.8 Å². The van der Waals surface area contributed by atoms with E-state index in [4.69, 9.17) is 14.6 Å². The predicted molar refractivity (Wildman–Crippen MR) is 94.2 cm³/mol. The van der Waals surface area contributed by atoms with Crippen LogP contribution in [0.2, 0.25) is 0 Å². The third kappa shape index (κ3) is 5.93. The second-order valence-corrected chi connectivity index (χ2v) is 5.40. The quantitative estimate of drug-likeness (QED) is 0.684. The number of carboxylic acid groups (broad SMARTS) is 1. The number of benzene rings is 2. The molecule has 2 aromatic rings. The highest BCUT2D eigenvalue weighted by molar-refractivity contribution is 6.04. The molecule has 0 aromatic heterocycles. The number of hydrogen-bond donors (Lipinski definition) is 2. The number of carbonyl (C=O) groups is 2. The smallest absolute Gasteiger partial charge is 0.307 e. The molecule has 2 rings (SSSR count). The van der Waals surface area contributed by atoms with Gasteiger partial charge in [0.1, 0.15) is 5.75 Å².